The topological polar surface area (TPSA) is 67.4 Å². The molecule has 7 heteroatoms. The Morgan fingerprint density at radius 2 is 2.09 bits per heavy atom. The van der Waals surface area contributed by atoms with Gasteiger partial charge in [-0.05, 0) is 49.6 Å². The van der Waals surface area contributed by atoms with Crippen molar-refractivity contribution < 1.29 is 13.2 Å². The number of ether oxygens (including phenoxy) is 1. The maximum absolute atomic E-state index is 12.5. The zero-order valence-electron chi connectivity index (χ0n) is 12.8. The van der Waals surface area contributed by atoms with Crippen molar-refractivity contribution in [2.75, 3.05) is 13.1 Å². The van der Waals surface area contributed by atoms with Crippen LogP contribution in [0.3, 0.4) is 0 Å². The summed E-state index contributed by atoms with van der Waals surface area (Å²) in [5, 5.41) is 3.24. The zero-order valence-corrected chi connectivity index (χ0v) is 14.5. The first kappa shape index (κ1) is 17.5. The fraction of sp³-hybridized carbons (Fsp3) is 0.600. The molecule has 1 saturated heterocycles. The first-order chi connectivity index (χ1) is 9.95. The van der Waals surface area contributed by atoms with Gasteiger partial charge in [0.2, 0.25) is 10.0 Å². The number of nitrogens with one attached hydrogen (secondary N) is 2. The first-order valence-electron chi connectivity index (χ1n) is 7.48. The Morgan fingerprint density at radius 1 is 1.32 bits per heavy atom. The van der Waals surface area contributed by atoms with Crippen LogP contribution in [0.1, 0.15) is 25.8 Å². The maximum Gasteiger partial charge on any atom is 0.240 e. The highest BCUT2D eigenvalue weighted by Crippen LogP contribution is 2.30. The van der Waals surface area contributed by atoms with Gasteiger partial charge in [0.15, 0.2) is 0 Å². The Hall–Kier alpha value is -0.820. The Bertz CT molecular complexity index is 636. The van der Waals surface area contributed by atoms with Gasteiger partial charge in [0, 0.05) is 19.0 Å². The summed E-state index contributed by atoms with van der Waals surface area (Å²) in [5.74, 6) is 1.15. The molecule has 1 fully saturated rings. The third-order valence-corrected chi connectivity index (χ3v) is 5.80. The van der Waals surface area contributed by atoms with E-state index >= 15 is 0 Å². The average Bonchev–Trinajstić information content (AvgIpc) is 2.80. The number of benzene rings is 1. The summed E-state index contributed by atoms with van der Waals surface area (Å²) in [5.41, 5.74) is 0.972. The van der Waals surface area contributed by atoms with Gasteiger partial charge in [0.25, 0.3) is 0 Å². The first-order valence-corrected chi connectivity index (χ1v) is 8.96. The lowest BCUT2D eigenvalue weighted by molar-refractivity contribution is 0.254. The molecular weight excluding hydrogens is 324 g/mol. The molecule has 3 rings (SSSR count). The molecule has 0 bridgehead atoms. The highest BCUT2D eigenvalue weighted by molar-refractivity contribution is 7.89. The number of halogens is 1. The van der Waals surface area contributed by atoms with Crippen LogP contribution in [-0.2, 0) is 16.4 Å². The molecule has 0 aliphatic carbocycles. The molecule has 0 saturated carbocycles. The standard InChI is InChI=1S/C15H22N2O3S.ClH/c1-10-5-6-16-9-14(10)17-21(18,19)13-3-4-15-12(8-13)7-11(2)20-15;/h3-4,8,10-11,14,16-17H,5-7,9H2,1-2H3;1H. The molecule has 0 radical (unpaired) electrons. The van der Waals surface area contributed by atoms with E-state index in [9.17, 15) is 8.42 Å². The molecule has 3 atom stereocenters. The summed E-state index contributed by atoms with van der Waals surface area (Å²) in [6.45, 7) is 5.72. The van der Waals surface area contributed by atoms with Crippen LogP contribution in [0, 0.1) is 5.92 Å². The summed E-state index contributed by atoms with van der Waals surface area (Å²) in [7, 11) is -3.48. The maximum atomic E-state index is 12.5. The number of rotatable bonds is 3. The summed E-state index contributed by atoms with van der Waals surface area (Å²) in [6, 6.07) is 5.07. The van der Waals surface area contributed by atoms with Crippen molar-refractivity contribution in [1.82, 2.24) is 10.0 Å². The van der Waals surface area contributed by atoms with Crippen molar-refractivity contribution in [2.45, 2.75) is 43.7 Å². The summed E-state index contributed by atoms with van der Waals surface area (Å²) in [6.07, 6.45) is 1.87. The van der Waals surface area contributed by atoms with Crippen LogP contribution in [0.25, 0.3) is 0 Å². The summed E-state index contributed by atoms with van der Waals surface area (Å²) >= 11 is 0. The number of piperidine rings is 1. The average molecular weight is 347 g/mol. The normalized spacial score (nSPS) is 27.6. The second kappa shape index (κ2) is 6.74. The third kappa shape index (κ3) is 3.56. The second-order valence-corrected chi connectivity index (χ2v) is 7.81. The van der Waals surface area contributed by atoms with Gasteiger partial charge in [-0.1, -0.05) is 6.92 Å². The zero-order chi connectivity index (χ0) is 15.0. The molecule has 0 spiro atoms. The third-order valence-electron chi connectivity index (χ3n) is 4.31. The van der Waals surface area contributed by atoms with Crippen LogP contribution in [0.4, 0.5) is 0 Å². The smallest absolute Gasteiger partial charge is 0.240 e. The molecule has 2 heterocycles. The lowest BCUT2D eigenvalue weighted by Gasteiger charge is -2.30. The Balaban J connectivity index is 0.00000176. The van der Waals surface area contributed by atoms with Gasteiger partial charge in [0.1, 0.15) is 11.9 Å². The van der Waals surface area contributed by atoms with E-state index in [4.69, 9.17) is 4.74 Å². The van der Waals surface area contributed by atoms with Crippen LogP contribution in [0.2, 0.25) is 0 Å². The largest absolute Gasteiger partial charge is 0.490 e. The lowest BCUT2D eigenvalue weighted by atomic mass is 9.96. The molecule has 2 aliphatic heterocycles. The van der Waals surface area contributed by atoms with Gasteiger partial charge >= 0.3 is 0 Å². The van der Waals surface area contributed by atoms with E-state index in [0.717, 1.165) is 30.7 Å². The van der Waals surface area contributed by atoms with Crippen molar-refractivity contribution in [3.63, 3.8) is 0 Å². The quantitative estimate of drug-likeness (QED) is 0.874. The van der Waals surface area contributed by atoms with Crippen molar-refractivity contribution in [2.24, 2.45) is 5.92 Å². The summed E-state index contributed by atoms with van der Waals surface area (Å²) in [4.78, 5) is 0.330. The summed E-state index contributed by atoms with van der Waals surface area (Å²) < 4.78 is 33.5. The lowest BCUT2D eigenvalue weighted by Crippen LogP contribution is -2.50. The van der Waals surface area contributed by atoms with Gasteiger partial charge in [0.05, 0.1) is 4.90 Å². The molecule has 5 nitrogen and oxygen atoms in total. The van der Waals surface area contributed by atoms with Gasteiger partial charge in [-0.3, -0.25) is 0 Å². The van der Waals surface area contributed by atoms with Crippen molar-refractivity contribution in [1.29, 1.82) is 0 Å². The van der Waals surface area contributed by atoms with E-state index in [1.165, 1.54) is 0 Å². The fourth-order valence-electron chi connectivity index (χ4n) is 2.98. The molecule has 3 unspecified atom stereocenters. The number of sulfonamides is 1. The van der Waals surface area contributed by atoms with Crippen LogP contribution in [0.5, 0.6) is 5.75 Å². The fourth-order valence-corrected chi connectivity index (χ4v) is 4.38. The number of hydrogen-bond acceptors (Lipinski definition) is 4. The van der Waals surface area contributed by atoms with Gasteiger partial charge < -0.3 is 10.1 Å². The molecule has 124 valence electrons. The van der Waals surface area contributed by atoms with E-state index in [2.05, 4.69) is 17.0 Å². The highest BCUT2D eigenvalue weighted by Gasteiger charge is 2.28. The minimum atomic E-state index is -3.48. The predicted molar refractivity (Wildman–Crippen MR) is 88.2 cm³/mol. The van der Waals surface area contributed by atoms with E-state index < -0.39 is 10.0 Å². The van der Waals surface area contributed by atoms with Crippen LogP contribution < -0.4 is 14.8 Å². The van der Waals surface area contributed by atoms with E-state index in [0.29, 0.717) is 17.4 Å². The minimum absolute atomic E-state index is 0. The highest BCUT2D eigenvalue weighted by atomic mass is 35.5. The molecule has 0 amide bonds. The number of hydrogen-bond donors (Lipinski definition) is 2. The second-order valence-electron chi connectivity index (χ2n) is 6.10. The van der Waals surface area contributed by atoms with E-state index in [1.807, 2.05) is 6.92 Å². The molecular formula is C15H23ClN2O3S. The molecule has 1 aromatic rings. The SMILES string of the molecule is CC1Cc2cc(S(=O)(=O)NC3CNCCC3C)ccc2O1.Cl. The van der Waals surface area contributed by atoms with Crippen LogP contribution >= 0.6 is 12.4 Å². The monoisotopic (exact) mass is 346 g/mol. The minimum Gasteiger partial charge on any atom is -0.490 e. The number of fused-ring (bicyclic) bond motifs is 1. The van der Waals surface area contributed by atoms with Crippen molar-refractivity contribution in [3.05, 3.63) is 23.8 Å². The van der Waals surface area contributed by atoms with E-state index in [-0.39, 0.29) is 24.6 Å². The Kier molecular flexibility index (Phi) is 5.37. The van der Waals surface area contributed by atoms with Gasteiger partial charge in [-0.2, -0.15) is 0 Å². The molecule has 2 N–H and O–H groups in total. The van der Waals surface area contributed by atoms with Crippen LogP contribution in [0.15, 0.2) is 23.1 Å². The molecule has 0 aromatic heterocycles. The Labute approximate surface area is 138 Å². The molecule has 1 aromatic carbocycles. The van der Waals surface area contributed by atoms with Gasteiger partial charge in [-0.25, -0.2) is 13.1 Å². The van der Waals surface area contributed by atoms with Crippen molar-refractivity contribution >= 4 is 22.4 Å². The molecule has 2 aliphatic rings. The molecule has 22 heavy (non-hydrogen) atoms. The predicted octanol–water partition coefficient (Wildman–Crippen LogP) is 1.71. The Morgan fingerprint density at radius 3 is 2.82 bits per heavy atom. The van der Waals surface area contributed by atoms with E-state index in [1.54, 1.807) is 18.2 Å². The van der Waals surface area contributed by atoms with Gasteiger partial charge in [-0.15, -0.1) is 12.4 Å². The van der Waals surface area contributed by atoms with Crippen molar-refractivity contribution in [3.8, 4) is 5.75 Å². The van der Waals surface area contributed by atoms with Crippen LogP contribution in [-0.4, -0.2) is 33.7 Å².